The fourth-order valence-electron chi connectivity index (χ4n) is 2.52. The Bertz CT molecular complexity index is 739. The molecule has 2 amide bonds. The van der Waals surface area contributed by atoms with Gasteiger partial charge in [-0.3, -0.25) is 9.59 Å². The quantitative estimate of drug-likeness (QED) is 0.900. The summed E-state index contributed by atoms with van der Waals surface area (Å²) in [6.45, 7) is 2.96. The summed E-state index contributed by atoms with van der Waals surface area (Å²) in [6.07, 6.45) is 2.40. The highest BCUT2D eigenvalue weighted by molar-refractivity contribution is 5.96. The predicted molar refractivity (Wildman–Crippen MR) is 81.5 cm³/mol. The van der Waals surface area contributed by atoms with Crippen molar-refractivity contribution in [3.8, 4) is 0 Å². The van der Waals surface area contributed by atoms with Crippen molar-refractivity contribution in [2.45, 2.75) is 25.9 Å². The first kappa shape index (κ1) is 15.2. The minimum absolute atomic E-state index is 0.213. The highest BCUT2D eigenvalue weighted by atomic mass is 19.1. The van der Waals surface area contributed by atoms with Gasteiger partial charge in [-0.25, -0.2) is 9.37 Å². The highest BCUT2D eigenvalue weighted by Crippen LogP contribution is 2.21. The van der Waals surface area contributed by atoms with Crippen LogP contribution in [0.1, 0.15) is 46.1 Å². The maximum Gasteiger partial charge on any atom is 0.287 e. The van der Waals surface area contributed by atoms with Gasteiger partial charge in [-0.1, -0.05) is 19.1 Å². The molecule has 1 aliphatic rings. The van der Waals surface area contributed by atoms with Crippen molar-refractivity contribution in [1.29, 1.82) is 0 Å². The maximum absolute atomic E-state index is 13.0. The summed E-state index contributed by atoms with van der Waals surface area (Å²) in [5.74, 6) is -0.751. The molecular formula is C16H17FN4O2. The van der Waals surface area contributed by atoms with Crippen LogP contribution in [0.4, 0.5) is 4.39 Å². The van der Waals surface area contributed by atoms with E-state index in [9.17, 15) is 14.0 Å². The van der Waals surface area contributed by atoms with Gasteiger partial charge in [-0.15, -0.1) is 0 Å². The number of imidazole rings is 1. The van der Waals surface area contributed by atoms with Crippen LogP contribution < -0.4 is 10.6 Å². The number of nitrogens with one attached hydrogen (secondary N) is 2. The van der Waals surface area contributed by atoms with Crippen LogP contribution in [0, 0.1) is 5.82 Å². The van der Waals surface area contributed by atoms with Crippen LogP contribution in [0.5, 0.6) is 0 Å². The number of amides is 2. The number of benzene rings is 1. The monoisotopic (exact) mass is 316 g/mol. The molecule has 3 rings (SSSR count). The first-order valence-electron chi connectivity index (χ1n) is 7.50. The van der Waals surface area contributed by atoms with E-state index in [4.69, 9.17) is 0 Å². The molecule has 2 aromatic rings. The molecule has 2 heterocycles. The third-order valence-corrected chi connectivity index (χ3v) is 3.70. The van der Waals surface area contributed by atoms with E-state index < -0.39 is 0 Å². The average molecular weight is 316 g/mol. The minimum Gasteiger partial charge on any atom is -0.351 e. The number of halogens is 1. The van der Waals surface area contributed by atoms with Gasteiger partial charge in [0.05, 0.1) is 6.04 Å². The molecule has 1 unspecified atom stereocenters. The molecular weight excluding hydrogens is 299 g/mol. The number of fused-ring (bicyclic) bond motifs is 1. The third-order valence-electron chi connectivity index (χ3n) is 3.70. The topological polar surface area (TPSA) is 76.0 Å². The number of rotatable bonds is 4. The van der Waals surface area contributed by atoms with Crippen LogP contribution in [0.3, 0.4) is 0 Å². The van der Waals surface area contributed by atoms with Gasteiger partial charge in [-0.05, 0) is 24.1 Å². The zero-order valence-corrected chi connectivity index (χ0v) is 12.7. The van der Waals surface area contributed by atoms with E-state index in [-0.39, 0.29) is 35.2 Å². The van der Waals surface area contributed by atoms with Crippen LogP contribution in [0.2, 0.25) is 0 Å². The second-order valence-corrected chi connectivity index (χ2v) is 5.44. The lowest BCUT2D eigenvalue weighted by Crippen LogP contribution is -2.38. The molecule has 0 bridgehead atoms. The summed E-state index contributed by atoms with van der Waals surface area (Å²) in [7, 11) is 0. The third kappa shape index (κ3) is 3.08. The van der Waals surface area contributed by atoms with E-state index in [2.05, 4.69) is 15.6 Å². The molecule has 23 heavy (non-hydrogen) atoms. The lowest BCUT2D eigenvalue weighted by atomic mass is 10.1. The number of carbonyl (C=O) groups is 2. The summed E-state index contributed by atoms with van der Waals surface area (Å²) in [4.78, 5) is 28.2. The van der Waals surface area contributed by atoms with Gasteiger partial charge in [0.2, 0.25) is 0 Å². The molecule has 6 nitrogen and oxygen atoms in total. The van der Waals surface area contributed by atoms with E-state index in [1.807, 2.05) is 6.92 Å². The Morgan fingerprint density at radius 3 is 2.87 bits per heavy atom. The second kappa shape index (κ2) is 6.20. The molecule has 1 aromatic heterocycles. The standard InChI is InChI=1S/C16H17FN4O2/c1-2-7-18-15(22)13-9-21-8-12(20-16(23)14(21)19-13)10-3-5-11(17)6-4-10/h3-6,9,12H,2,7-8H2,1H3,(H,18,22)(H,20,23). The van der Waals surface area contributed by atoms with E-state index in [0.717, 1.165) is 12.0 Å². The molecule has 2 N–H and O–H groups in total. The van der Waals surface area contributed by atoms with Gasteiger partial charge < -0.3 is 15.2 Å². The average Bonchev–Trinajstić information content (AvgIpc) is 2.98. The number of hydrogen-bond donors (Lipinski definition) is 2. The smallest absolute Gasteiger partial charge is 0.287 e. The first-order valence-corrected chi connectivity index (χ1v) is 7.50. The van der Waals surface area contributed by atoms with Crippen LogP contribution in [-0.4, -0.2) is 27.9 Å². The van der Waals surface area contributed by atoms with Crippen LogP contribution in [0.25, 0.3) is 0 Å². The SMILES string of the molecule is CCCNC(=O)c1cn2c(n1)C(=O)NC(c1ccc(F)cc1)C2. The molecule has 0 fully saturated rings. The van der Waals surface area contributed by atoms with Crippen LogP contribution in [-0.2, 0) is 6.54 Å². The maximum atomic E-state index is 13.0. The minimum atomic E-state index is -0.347. The summed E-state index contributed by atoms with van der Waals surface area (Å²) >= 11 is 0. The van der Waals surface area contributed by atoms with Crippen molar-refractivity contribution in [2.24, 2.45) is 0 Å². The summed E-state index contributed by atoms with van der Waals surface area (Å²) in [5, 5.41) is 5.56. The lowest BCUT2D eigenvalue weighted by molar-refractivity contribution is 0.0894. The Labute approximate surface area is 132 Å². The number of nitrogens with zero attached hydrogens (tertiary/aromatic N) is 2. The van der Waals surface area contributed by atoms with Gasteiger partial charge in [0.1, 0.15) is 11.5 Å². The predicted octanol–water partition coefficient (Wildman–Crippen LogP) is 1.65. The molecule has 0 radical (unpaired) electrons. The van der Waals surface area contributed by atoms with Gasteiger partial charge in [0.15, 0.2) is 5.82 Å². The van der Waals surface area contributed by atoms with Gasteiger partial charge in [-0.2, -0.15) is 0 Å². The fourth-order valence-corrected chi connectivity index (χ4v) is 2.52. The van der Waals surface area contributed by atoms with Crippen molar-refractivity contribution in [3.05, 3.63) is 53.4 Å². The molecule has 0 saturated carbocycles. The van der Waals surface area contributed by atoms with E-state index in [1.165, 1.54) is 12.1 Å². The Hall–Kier alpha value is -2.70. The first-order chi connectivity index (χ1) is 11.1. The number of carbonyl (C=O) groups excluding carboxylic acids is 2. The van der Waals surface area contributed by atoms with Gasteiger partial charge in [0.25, 0.3) is 11.8 Å². The molecule has 0 aliphatic carbocycles. The second-order valence-electron chi connectivity index (χ2n) is 5.44. The van der Waals surface area contributed by atoms with Crippen molar-refractivity contribution in [3.63, 3.8) is 0 Å². The lowest BCUT2D eigenvalue weighted by Gasteiger charge is -2.25. The van der Waals surface area contributed by atoms with Gasteiger partial charge in [0, 0.05) is 19.3 Å². The summed E-state index contributed by atoms with van der Waals surface area (Å²) < 4.78 is 14.7. The van der Waals surface area contributed by atoms with Crippen molar-refractivity contribution < 1.29 is 14.0 Å². The molecule has 7 heteroatoms. The van der Waals surface area contributed by atoms with E-state index >= 15 is 0 Å². The van der Waals surface area contributed by atoms with Crippen LogP contribution >= 0.6 is 0 Å². The Balaban J connectivity index is 1.82. The van der Waals surface area contributed by atoms with E-state index in [1.54, 1.807) is 22.9 Å². The summed E-state index contributed by atoms with van der Waals surface area (Å²) in [5.41, 5.74) is 1.03. The largest absolute Gasteiger partial charge is 0.351 e. The van der Waals surface area contributed by atoms with E-state index in [0.29, 0.717) is 13.1 Å². The highest BCUT2D eigenvalue weighted by Gasteiger charge is 2.28. The van der Waals surface area contributed by atoms with Crippen LogP contribution in [0.15, 0.2) is 30.5 Å². The Morgan fingerprint density at radius 2 is 2.17 bits per heavy atom. The normalized spacial score (nSPS) is 16.6. The van der Waals surface area contributed by atoms with Gasteiger partial charge >= 0.3 is 0 Å². The fraction of sp³-hybridized carbons (Fsp3) is 0.312. The zero-order chi connectivity index (χ0) is 16.4. The van der Waals surface area contributed by atoms with Crippen molar-refractivity contribution in [2.75, 3.05) is 6.54 Å². The summed E-state index contributed by atoms with van der Waals surface area (Å²) in [6, 6.07) is 5.70. The Kier molecular flexibility index (Phi) is 4.10. The molecule has 1 atom stereocenters. The number of aromatic nitrogens is 2. The Morgan fingerprint density at radius 1 is 1.43 bits per heavy atom. The zero-order valence-electron chi connectivity index (χ0n) is 12.7. The van der Waals surface area contributed by atoms with Crippen molar-refractivity contribution >= 4 is 11.8 Å². The molecule has 120 valence electrons. The molecule has 0 spiro atoms. The molecule has 1 aliphatic heterocycles. The molecule has 0 saturated heterocycles. The molecule has 1 aromatic carbocycles. The van der Waals surface area contributed by atoms with Crippen molar-refractivity contribution in [1.82, 2.24) is 20.2 Å². The number of hydrogen-bond acceptors (Lipinski definition) is 3.